The van der Waals surface area contributed by atoms with Crippen LogP contribution < -0.4 is 0 Å². The van der Waals surface area contributed by atoms with Crippen molar-refractivity contribution in [1.29, 1.82) is 0 Å². The number of rotatable bonds is 0. The Bertz CT molecular complexity index is 1060. The molecular weight excluding hydrogens is 444 g/mol. The van der Waals surface area contributed by atoms with Crippen LogP contribution in [0.2, 0.25) is 0 Å². The predicted molar refractivity (Wildman–Crippen MR) is 146 cm³/mol. The van der Waals surface area contributed by atoms with E-state index in [0.29, 0.717) is 0 Å². The number of fused-ring (bicyclic) bond motifs is 1. The van der Waals surface area contributed by atoms with Crippen molar-refractivity contribution in [2.24, 2.45) is 0 Å². The van der Waals surface area contributed by atoms with Crippen LogP contribution in [0, 0.1) is 41.5 Å². The van der Waals surface area contributed by atoms with Crippen LogP contribution >= 0.6 is 0 Å². The molecule has 0 bridgehead atoms. The molecule has 5 aromatic carbocycles. The van der Waals surface area contributed by atoms with Gasteiger partial charge in [-0.25, -0.2) is 0 Å². The molecule has 34 heavy (non-hydrogen) atoms. The maximum atomic E-state index is 3.72. The first kappa shape index (κ1) is 28.8. The molecule has 0 aliphatic heterocycles. The van der Waals surface area contributed by atoms with Gasteiger partial charge in [-0.3, -0.25) is 0 Å². The van der Waals surface area contributed by atoms with Gasteiger partial charge in [0.2, 0.25) is 0 Å². The largest absolute Gasteiger partial charge is 4.00 e. The second kappa shape index (κ2) is 15.6. The van der Waals surface area contributed by atoms with Gasteiger partial charge in [-0.2, -0.15) is 79.4 Å². The molecule has 0 heterocycles. The molecule has 0 nitrogen and oxygen atoms in total. The van der Waals surface area contributed by atoms with E-state index < -0.39 is 0 Å². The van der Waals surface area contributed by atoms with Crippen LogP contribution in [0.25, 0.3) is 10.8 Å². The summed E-state index contributed by atoms with van der Waals surface area (Å²) in [6.07, 6.45) is 0. The van der Waals surface area contributed by atoms with E-state index in [4.69, 9.17) is 0 Å². The Kier molecular flexibility index (Phi) is 13.2. The Morgan fingerprint density at radius 1 is 0.500 bits per heavy atom. The number of aryl methyl sites for hydroxylation is 2. The molecule has 5 rings (SSSR count). The van der Waals surface area contributed by atoms with Gasteiger partial charge in [0.1, 0.15) is 0 Å². The summed E-state index contributed by atoms with van der Waals surface area (Å²) in [5.74, 6) is 0. The summed E-state index contributed by atoms with van der Waals surface area (Å²) in [5.41, 5.74) is 7.52. The van der Waals surface area contributed by atoms with Gasteiger partial charge >= 0.3 is 21.7 Å². The Morgan fingerprint density at radius 3 is 1.12 bits per heavy atom. The van der Waals surface area contributed by atoms with E-state index in [1.807, 2.05) is 91.0 Å². The molecule has 0 saturated heterocycles. The zero-order valence-corrected chi connectivity index (χ0v) is 22.2. The van der Waals surface area contributed by atoms with Crippen LogP contribution in [0.3, 0.4) is 0 Å². The van der Waals surface area contributed by atoms with Gasteiger partial charge in [-0.05, 0) is 0 Å². The minimum absolute atomic E-state index is 0. The van der Waals surface area contributed by atoms with E-state index in [1.165, 1.54) is 27.5 Å². The Labute approximate surface area is 221 Å². The average Bonchev–Trinajstić information content (AvgIpc) is 3.06. The number of hydrogen-bond donors (Lipinski definition) is 0. The van der Waals surface area contributed by atoms with E-state index >= 15 is 0 Å². The summed E-state index contributed by atoms with van der Waals surface area (Å²) < 4.78 is 0. The molecule has 0 aliphatic rings. The second-order valence-electron chi connectivity index (χ2n) is 7.88. The third-order valence-electron chi connectivity index (χ3n) is 5.39. The minimum atomic E-state index is 0. The molecule has 0 aromatic heterocycles. The maximum absolute atomic E-state index is 3.72. The summed E-state index contributed by atoms with van der Waals surface area (Å²) in [4.78, 5) is 0. The van der Waals surface area contributed by atoms with Crippen molar-refractivity contribution < 1.29 is 21.7 Å². The molecule has 1 heteroatoms. The third-order valence-corrected chi connectivity index (χ3v) is 5.39. The Balaban J connectivity index is 0.000000233. The fourth-order valence-electron chi connectivity index (χ4n) is 3.26. The van der Waals surface area contributed by atoms with Crippen molar-refractivity contribution in [2.45, 2.75) is 20.8 Å². The first-order valence-electron chi connectivity index (χ1n) is 11.1. The molecule has 170 valence electrons. The summed E-state index contributed by atoms with van der Waals surface area (Å²) in [6.45, 7) is 17.8. The van der Waals surface area contributed by atoms with Gasteiger partial charge < -0.3 is 0 Å². The fourth-order valence-corrected chi connectivity index (χ4v) is 3.26. The van der Waals surface area contributed by atoms with Gasteiger partial charge in [0.05, 0.1) is 0 Å². The maximum Gasteiger partial charge on any atom is 4.00 e. The van der Waals surface area contributed by atoms with Gasteiger partial charge in [0.15, 0.2) is 0 Å². The first-order chi connectivity index (χ1) is 15.9. The van der Waals surface area contributed by atoms with Gasteiger partial charge in [0.25, 0.3) is 0 Å². The van der Waals surface area contributed by atoms with E-state index in [2.05, 4.69) is 65.8 Å². The summed E-state index contributed by atoms with van der Waals surface area (Å²) in [7, 11) is 0. The quantitative estimate of drug-likeness (QED) is 0.154. The van der Waals surface area contributed by atoms with Crippen LogP contribution in [-0.4, -0.2) is 0 Å². The van der Waals surface area contributed by atoms with Crippen molar-refractivity contribution in [2.75, 3.05) is 0 Å². The summed E-state index contributed by atoms with van der Waals surface area (Å²) in [6, 6.07) is 38.2. The molecule has 0 radical (unpaired) electrons. The molecule has 0 atom stereocenters. The van der Waals surface area contributed by atoms with Gasteiger partial charge in [-0.1, -0.05) is 45.0 Å². The van der Waals surface area contributed by atoms with Crippen LogP contribution in [0.5, 0.6) is 0 Å². The second-order valence-corrected chi connectivity index (χ2v) is 7.88. The van der Waals surface area contributed by atoms with Crippen LogP contribution in [0.15, 0.2) is 115 Å². The molecule has 0 aliphatic carbocycles. The summed E-state index contributed by atoms with van der Waals surface area (Å²) >= 11 is 0. The molecule has 0 fully saturated rings. The third kappa shape index (κ3) is 9.75. The van der Waals surface area contributed by atoms with Crippen molar-refractivity contribution in [3.8, 4) is 0 Å². The van der Waals surface area contributed by atoms with E-state index in [-0.39, 0.29) is 21.7 Å². The molecular formula is C33H34Ti. The van der Waals surface area contributed by atoms with Crippen molar-refractivity contribution >= 4 is 10.8 Å². The topological polar surface area (TPSA) is 0 Å². The van der Waals surface area contributed by atoms with Crippen molar-refractivity contribution in [3.05, 3.63) is 169 Å². The monoisotopic (exact) mass is 478 g/mol. The minimum Gasteiger partial charge on any atom is -0.199 e. The van der Waals surface area contributed by atoms with E-state index in [0.717, 1.165) is 16.7 Å². The van der Waals surface area contributed by atoms with Crippen molar-refractivity contribution in [1.82, 2.24) is 0 Å². The Hall–Kier alpha value is -3.19. The molecule has 0 saturated carbocycles. The van der Waals surface area contributed by atoms with E-state index in [1.54, 1.807) is 0 Å². The van der Waals surface area contributed by atoms with Crippen LogP contribution in [0.1, 0.15) is 33.4 Å². The van der Waals surface area contributed by atoms with E-state index in [9.17, 15) is 0 Å². The number of benzene rings is 4. The zero-order valence-electron chi connectivity index (χ0n) is 20.6. The van der Waals surface area contributed by atoms with Crippen LogP contribution in [0.4, 0.5) is 0 Å². The van der Waals surface area contributed by atoms with Crippen molar-refractivity contribution in [3.63, 3.8) is 0 Å². The predicted octanol–water partition coefficient (Wildman–Crippen LogP) is 9.09. The standard InChI is InChI=1S/C12H13.3C7H7.Ti/c1-8-9(2)11-6-4-5-7-12(11)10(8)3;3*1-7-5-3-2-4-6-7;/h4-7H,1-3H3;3*2-6H,1H2;/q4*-1;+4. The van der Waals surface area contributed by atoms with Gasteiger partial charge in [0, 0.05) is 0 Å². The number of hydrogen-bond acceptors (Lipinski definition) is 0. The van der Waals surface area contributed by atoms with Crippen LogP contribution in [-0.2, 0) is 21.7 Å². The molecule has 0 amide bonds. The Morgan fingerprint density at radius 2 is 0.824 bits per heavy atom. The van der Waals surface area contributed by atoms with Gasteiger partial charge in [-0.15, -0.1) is 76.5 Å². The SMILES string of the molecule is Cc1c(C)[c-](C)c2ccccc12.[CH2-]c1ccccc1.[CH2-]c1ccccc1.[CH2-]c1ccccc1.[Ti+4]. The average molecular weight is 479 g/mol. The molecule has 0 unspecified atom stereocenters. The molecule has 0 spiro atoms. The molecule has 5 aromatic rings. The normalized spacial score (nSPS) is 9.15. The zero-order chi connectivity index (χ0) is 24.1. The first-order valence-corrected chi connectivity index (χ1v) is 11.1. The fraction of sp³-hybridized carbons (Fsp3) is 0.0909. The summed E-state index contributed by atoms with van der Waals surface area (Å²) in [5, 5.41) is 2.82. The molecule has 0 N–H and O–H groups in total. The smallest absolute Gasteiger partial charge is 0.199 e.